The van der Waals surface area contributed by atoms with Crippen molar-refractivity contribution in [1.82, 2.24) is 14.9 Å². The molecule has 0 aliphatic rings. The highest BCUT2D eigenvalue weighted by Gasteiger charge is 2.27. The van der Waals surface area contributed by atoms with Gasteiger partial charge in [-0.25, -0.2) is 4.79 Å². The number of ether oxygens (including phenoxy) is 1. The van der Waals surface area contributed by atoms with E-state index < -0.39 is 35.9 Å². The molecule has 0 spiro atoms. The van der Waals surface area contributed by atoms with E-state index in [1.165, 1.54) is 6.20 Å². The van der Waals surface area contributed by atoms with Crippen molar-refractivity contribution in [3.63, 3.8) is 0 Å². The number of rotatable bonds is 5. The number of carbonyl (C=O) groups is 3. The van der Waals surface area contributed by atoms with Crippen LogP contribution < -0.4 is 5.32 Å². The molecule has 1 rings (SSSR count). The average molecular weight is 301 g/mol. The number of carboxylic acids is 1. The van der Waals surface area contributed by atoms with E-state index in [9.17, 15) is 14.4 Å². The number of hydrogen-bond donors (Lipinski definition) is 2. The third-order valence-electron chi connectivity index (χ3n) is 1.98. The van der Waals surface area contributed by atoms with Gasteiger partial charge >= 0.3 is 11.9 Å². The maximum absolute atomic E-state index is 11.7. The Bertz CT molecular complexity index is 495. The second-order valence-electron chi connectivity index (χ2n) is 4.94. The summed E-state index contributed by atoms with van der Waals surface area (Å²) in [5.41, 5.74) is -0.717. The molecule has 1 aromatic rings. The number of aromatic nitrogens is 2. The number of hydrogen-bond acceptors (Lipinski definition) is 7. The molecule has 0 saturated carbocycles. The topological polar surface area (TPSA) is 118 Å². The van der Waals surface area contributed by atoms with E-state index in [0.29, 0.717) is 0 Å². The molecule has 110 valence electrons. The minimum absolute atomic E-state index is 0.167. The fraction of sp³-hybridized carbons (Fsp3) is 0.545. The van der Waals surface area contributed by atoms with Crippen LogP contribution in [0.2, 0.25) is 0 Å². The van der Waals surface area contributed by atoms with E-state index in [-0.39, 0.29) is 4.88 Å². The number of aliphatic carboxylic acids is 1. The predicted octanol–water partition coefficient (Wildman–Crippen LogP) is 0.453. The summed E-state index contributed by atoms with van der Waals surface area (Å²) in [4.78, 5) is 34.5. The zero-order chi connectivity index (χ0) is 15.3. The maximum Gasteiger partial charge on any atom is 0.326 e. The zero-order valence-electron chi connectivity index (χ0n) is 11.2. The maximum atomic E-state index is 11.7. The minimum Gasteiger partial charge on any atom is -0.480 e. The van der Waals surface area contributed by atoms with Crippen molar-refractivity contribution < 1.29 is 24.2 Å². The Kier molecular flexibility index (Phi) is 5.14. The standard InChI is InChI=1S/C11H15N3O5S/c1-11(2,3)19-8(15)4-6(10(17)18)13-9(16)7-5-12-14-20-7/h5-6H,4H2,1-3H3,(H,13,16)(H,17,18)/t6-/m0/s1. The fourth-order valence-electron chi connectivity index (χ4n) is 1.25. The van der Waals surface area contributed by atoms with Gasteiger partial charge in [-0.15, -0.1) is 5.10 Å². The van der Waals surface area contributed by atoms with Gasteiger partial charge in [0.1, 0.15) is 16.5 Å². The third kappa shape index (κ3) is 5.31. The largest absolute Gasteiger partial charge is 0.480 e. The van der Waals surface area contributed by atoms with Gasteiger partial charge in [-0.2, -0.15) is 0 Å². The van der Waals surface area contributed by atoms with E-state index in [1.807, 2.05) is 0 Å². The van der Waals surface area contributed by atoms with Gasteiger partial charge in [0.15, 0.2) is 0 Å². The van der Waals surface area contributed by atoms with E-state index in [2.05, 4.69) is 14.9 Å². The van der Waals surface area contributed by atoms with Crippen LogP contribution in [-0.2, 0) is 14.3 Å². The average Bonchev–Trinajstić information content (AvgIpc) is 2.78. The van der Waals surface area contributed by atoms with Crippen LogP contribution in [0.3, 0.4) is 0 Å². The van der Waals surface area contributed by atoms with Crippen LogP contribution in [0.5, 0.6) is 0 Å². The Labute approximate surface area is 119 Å². The van der Waals surface area contributed by atoms with E-state index in [4.69, 9.17) is 9.84 Å². The number of esters is 1. The molecular weight excluding hydrogens is 286 g/mol. The highest BCUT2D eigenvalue weighted by atomic mass is 32.1. The smallest absolute Gasteiger partial charge is 0.326 e. The fourth-order valence-corrected chi connectivity index (χ4v) is 1.66. The van der Waals surface area contributed by atoms with Crippen molar-refractivity contribution in [3.8, 4) is 0 Å². The lowest BCUT2D eigenvalue weighted by Gasteiger charge is -2.21. The first kappa shape index (κ1) is 16.0. The van der Waals surface area contributed by atoms with Gasteiger partial charge in [-0.1, -0.05) is 4.49 Å². The zero-order valence-corrected chi connectivity index (χ0v) is 12.1. The van der Waals surface area contributed by atoms with Crippen molar-refractivity contribution >= 4 is 29.4 Å². The van der Waals surface area contributed by atoms with Crippen LogP contribution in [0.4, 0.5) is 0 Å². The summed E-state index contributed by atoms with van der Waals surface area (Å²) in [5, 5.41) is 14.7. The summed E-state index contributed by atoms with van der Waals surface area (Å²) >= 11 is 0.831. The lowest BCUT2D eigenvalue weighted by Crippen LogP contribution is -2.43. The van der Waals surface area contributed by atoms with Gasteiger partial charge in [0.25, 0.3) is 5.91 Å². The first-order valence-electron chi connectivity index (χ1n) is 5.72. The summed E-state index contributed by atoms with van der Waals surface area (Å²) in [5.74, 6) is -2.66. The quantitative estimate of drug-likeness (QED) is 0.758. The normalized spacial score (nSPS) is 12.6. The number of amides is 1. The van der Waals surface area contributed by atoms with Gasteiger partial charge in [0.05, 0.1) is 12.6 Å². The van der Waals surface area contributed by atoms with Crippen LogP contribution in [0.25, 0.3) is 0 Å². The molecule has 0 aliphatic carbocycles. The number of carbonyl (C=O) groups excluding carboxylic acids is 2. The summed E-state index contributed by atoms with van der Waals surface area (Å²) in [6, 6.07) is -1.36. The van der Waals surface area contributed by atoms with Gasteiger partial charge in [0.2, 0.25) is 0 Å². The highest BCUT2D eigenvalue weighted by molar-refractivity contribution is 7.07. The second-order valence-corrected chi connectivity index (χ2v) is 5.72. The Balaban J connectivity index is 2.64. The number of nitrogens with zero attached hydrogens (tertiary/aromatic N) is 2. The van der Waals surface area contributed by atoms with Gasteiger partial charge in [-0.05, 0) is 32.3 Å². The monoisotopic (exact) mass is 301 g/mol. The molecule has 0 aliphatic heterocycles. The minimum atomic E-state index is -1.36. The summed E-state index contributed by atoms with van der Waals surface area (Å²) in [6.07, 6.45) is 0.761. The molecule has 0 aromatic carbocycles. The summed E-state index contributed by atoms with van der Waals surface area (Å²) in [7, 11) is 0. The Morgan fingerprint density at radius 2 is 2.10 bits per heavy atom. The van der Waals surface area contributed by atoms with Crippen LogP contribution in [0, 0.1) is 0 Å². The third-order valence-corrected chi connectivity index (χ3v) is 2.64. The van der Waals surface area contributed by atoms with Crippen molar-refractivity contribution in [2.75, 3.05) is 0 Å². The van der Waals surface area contributed by atoms with Gasteiger partial charge < -0.3 is 15.2 Å². The Morgan fingerprint density at radius 1 is 1.45 bits per heavy atom. The highest BCUT2D eigenvalue weighted by Crippen LogP contribution is 2.10. The Morgan fingerprint density at radius 3 is 2.55 bits per heavy atom. The van der Waals surface area contributed by atoms with Crippen molar-refractivity contribution in [3.05, 3.63) is 11.1 Å². The van der Waals surface area contributed by atoms with Crippen LogP contribution in [-0.4, -0.2) is 44.2 Å². The van der Waals surface area contributed by atoms with E-state index in [0.717, 1.165) is 11.5 Å². The van der Waals surface area contributed by atoms with E-state index >= 15 is 0 Å². The lowest BCUT2D eigenvalue weighted by atomic mass is 10.1. The second kappa shape index (κ2) is 6.42. The molecule has 1 amide bonds. The van der Waals surface area contributed by atoms with Crippen LogP contribution >= 0.6 is 11.5 Å². The molecule has 0 fully saturated rings. The summed E-state index contributed by atoms with van der Waals surface area (Å²) in [6.45, 7) is 5.01. The Hall–Kier alpha value is -2.03. The van der Waals surface area contributed by atoms with Crippen molar-refractivity contribution in [2.45, 2.75) is 38.8 Å². The SMILES string of the molecule is CC(C)(C)OC(=O)C[C@H](NC(=O)c1cnns1)C(=O)O. The molecule has 9 heteroatoms. The molecule has 1 heterocycles. The molecule has 0 saturated heterocycles. The van der Waals surface area contributed by atoms with Crippen molar-refractivity contribution in [2.24, 2.45) is 0 Å². The lowest BCUT2D eigenvalue weighted by molar-refractivity contribution is -0.158. The van der Waals surface area contributed by atoms with Crippen LogP contribution in [0.1, 0.15) is 36.9 Å². The van der Waals surface area contributed by atoms with Gasteiger partial charge in [0, 0.05) is 0 Å². The number of carboxylic acid groups (broad SMARTS) is 1. The molecule has 20 heavy (non-hydrogen) atoms. The summed E-state index contributed by atoms with van der Waals surface area (Å²) < 4.78 is 8.51. The molecule has 0 unspecified atom stereocenters. The van der Waals surface area contributed by atoms with Crippen molar-refractivity contribution in [1.29, 1.82) is 0 Å². The first-order chi connectivity index (χ1) is 9.19. The molecule has 8 nitrogen and oxygen atoms in total. The van der Waals surface area contributed by atoms with Gasteiger partial charge in [-0.3, -0.25) is 9.59 Å². The van der Waals surface area contributed by atoms with E-state index in [1.54, 1.807) is 20.8 Å². The molecule has 2 N–H and O–H groups in total. The molecular formula is C11H15N3O5S. The molecule has 1 aromatic heterocycles. The molecule has 0 bridgehead atoms. The molecule has 0 radical (unpaired) electrons. The predicted molar refractivity (Wildman–Crippen MR) is 69.3 cm³/mol. The molecule has 1 atom stereocenters. The van der Waals surface area contributed by atoms with Crippen LogP contribution in [0.15, 0.2) is 6.20 Å². The first-order valence-corrected chi connectivity index (χ1v) is 6.49. The number of nitrogens with one attached hydrogen (secondary N) is 1.